The van der Waals surface area contributed by atoms with E-state index in [1.54, 1.807) is 11.3 Å². The van der Waals surface area contributed by atoms with Crippen molar-refractivity contribution in [2.24, 2.45) is 0 Å². The van der Waals surface area contributed by atoms with Gasteiger partial charge in [-0.2, -0.15) is 11.3 Å². The summed E-state index contributed by atoms with van der Waals surface area (Å²) in [6.07, 6.45) is 0. The van der Waals surface area contributed by atoms with E-state index in [9.17, 15) is 0 Å². The normalized spacial score (nSPS) is 12.6. The van der Waals surface area contributed by atoms with Crippen LogP contribution < -0.4 is 5.32 Å². The first-order valence-electron chi connectivity index (χ1n) is 5.37. The molecule has 1 heterocycles. The molecule has 1 atom stereocenters. The predicted octanol–water partition coefficient (Wildman–Crippen LogP) is 4.45. The smallest absolute Gasteiger partial charge is 0.0421 e. The average molecular weight is 284 g/mol. The van der Waals surface area contributed by atoms with Crippen LogP contribution in [0.15, 0.2) is 46.0 Å². The molecular formula is C13H14ClNS2. The quantitative estimate of drug-likeness (QED) is 0.814. The second-order valence-electron chi connectivity index (χ2n) is 3.66. The van der Waals surface area contributed by atoms with E-state index in [0.717, 1.165) is 10.8 Å². The minimum atomic E-state index is 0.405. The molecule has 0 aliphatic heterocycles. The third-order valence-electron chi connectivity index (χ3n) is 2.52. The van der Waals surface area contributed by atoms with Gasteiger partial charge in [0.25, 0.3) is 0 Å². The van der Waals surface area contributed by atoms with Gasteiger partial charge < -0.3 is 5.32 Å². The van der Waals surface area contributed by atoms with Gasteiger partial charge in [0.05, 0.1) is 0 Å². The molecule has 2 aromatic rings. The third-order valence-corrected chi connectivity index (χ3v) is 4.58. The Hall–Kier alpha value is -0.480. The molecule has 0 aliphatic carbocycles. The highest BCUT2D eigenvalue weighted by atomic mass is 35.5. The van der Waals surface area contributed by atoms with Gasteiger partial charge in [-0.15, -0.1) is 11.8 Å². The van der Waals surface area contributed by atoms with E-state index in [1.165, 1.54) is 10.5 Å². The fourth-order valence-electron chi connectivity index (χ4n) is 1.53. The molecule has 0 saturated carbocycles. The van der Waals surface area contributed by atoms with Gasteiger partial charge >= 0.3 is 0 Å². The highest BCUT2D eigenvalue weighted by molar-refractivity contribution is 7.99. The molecule has 0 aliphatic rings. The number of nitrogens with one attached hydrogen (secondary N) is 1. The first kappa shape index (κ1) is 13.0. The van der Waals surface area contributed by atoms with Crippen LogP contribution in [0.5, 0.6) is 0 Å². The van der Waals surface area contributed by atoms with Crippen LogP contribution in [0.3, 0.4) is 0 Å². The lowest BCUT2D eigenvalue weighted by molar-refractivity contribution is 0.664. The van der Waals surface area contributed by atoms with Gasteiger partial charge in [0, 0.05) is 21.7 Å². The number of hydrogen-bond acceptors (Lipinski definition) is 3. The largest absolute Gasteiger partial charge is 0.312 e. The summed E-state index contributed by atoms with van der Waals surface area (Å²) in [4.78, 5) is 1.25. The molecule has 0 fully saturated rings. The van der Waals surface area contributed by atoms with Crippen LogP contribution in [0.1, 0.15) is 11.6 Å². The topological polar surface area (TPSA) is 12.0 Å². The predicted molar refractivity (Wildman–Crippen MR) is 78.3 cm³/mol. The number of rotatable bonds is 5. The molecule has 0 bridgehead atoms. The SMILES string of the molecule is CNC(CSc1ccc(Cl)cc1)c1ccsc1. The third kappa shape index (κ3) is 3.75. The molecule has 1 aromatic carbocycles. The highest BCUT2D eigenvalue weighted by Gasteiger charge is 2.09. The Kier molecular flexibility index (Phi) is 4.92. The zero-order valence-electron chi connectivity index (χ0n) is 9.52. The maximum atomic E-state index is 5.86. The van der Waals surface area contributed by atoms with Crippen molar-refractivity contribution in [1.29, 1.82) is 0 Å². The zero-order valence-corrected chi connectivity index (χ0v) is 11.9. The number of thiophene rings is 1. The summed E-state index contributed by atoms with van der Waals surface area (Å²) in [5.74, 6) is 1.02. The Morgan fingerprint density at radius 2 is 2.06 bits per heavy atom. The molecule has 0 radical (unpaired) electrons. The fraction of sp³-hybridized carbons (Fsp3) is 0.231. The van der Waals surface area contributed by atoms with Crippen LogP contribution in [0.2, 0.25) is 5.02 Å². The van der Waals surface area contributed by atoms with E-state index in [1.807, 2.05) is 30.9 Å². The van der Waals surface area contributed by atoms with Gasteiger partial charge in [0.2, 0.25) is 0 Å². The van der Waals surface area contributed by atoms with Crippen molar-refractivity contribution in [2.75, 3.05) is 12.8 Å². The number of hydrogen-bond donors (Lipinski definition) is 1. The molecule has 4 heteroatoms. The van der Waals surface area contributed by atoms with Crippen molar-refractivity contribution >= 4 is 34.7 Å². The average Bonchev–Trinajstić information content (AvgIpc) is 2.86. The van der Waals surface area contributed by atoms with Crippen molar-refractivity contribution in [2.45, 2.75) is 10.9 Å². The van der Waals surface area contributed by atoms with Crippen LogP contribution in [-0.4, -0.2) is 12.8 Å². The Labute approximate surface area is 115 Å². The number of thioether (sulfide) groups is 1. The van der Waals surface area contributed by atoms with E-state index in [2.05, 4.69) is 34.3 Å². The molecule has 0 spiro atoms. The number of benzene rings is 1. The van der Waals surface area contributed by atoms with Gasteiger partial charge in [-0.25, -0.2) is 0 Å². The second kappa shape index (κ2) is 6.45. The molecule has 1 N–H and O–H groups in total. The second-order valence-corrected chi connectivity index (χ2v) is 5.97. The van der Waals surface area contributed by atoms with E-state index in [4.69, 9.17) is 11.6 Å². The van der Waals surface area contributed by atoms with E-state index in [0.29, 0.717) is 6.04 Å². The Bertz CT molecular complexity index is 439. The number of halogens is 1. The summed E-state index contributed by atoms with van der Waals surface area (Å²) in [6, 6.07) is 10.6. The van der Waals surface area contributed by atoms with Crippen LogP contribution in [0, 0.1) is 0 Å². The van der Waals surface area contributed by atoms with E-state index in [-0.39, 0.29) is 0 Å². The molecular weight excluding hydrogens is 270 g/mol. The summed E-state index contributed by atoms with van der Waals surface area (Å²) >= 11 is 9.45. The molecule has 1 nitrogen and oxygen atoms in total. The van der Waals surface area contributed by atoms with Crippen molar-refractivity contribution in [3.05, 3.63) is 51.7 Å². The summed E-state index contributed by atoms with van der Waals surface area (Å²) in [5, 5.41) is 8.45. The first-order chi connectivity index (χ1) is 8.29. The van der Waals surface area contributed by atoms with Crippen molar-refractivity contribution in [3.63, 3.8) is 0 Å². The summed E-state index contributed by atoms with van der Waals surface area (Å²) in [7, 11) is 2.00. The highest BCUT2D eigenvalue weighted by Crippen LogP contribution is 2.26. The summed E-state index contributed by atoms with van der Waals surface area (Å²) in [6.45, 7) is 0. The maximum Gasteiger partial charge on any atom is 0.0421 e. The van der Waals surface area contributed by atoms with Gasteiger partial charge in [-0.1, -0.05) is 11.6 Å². The summed E-state index contributed by atoms with van der Waals surface area (Å²) in [5.41, 5.74) is 1.36. The molecule has 0 amide bonds. The molecule has 2 rings (SSSR count). The van der Waals surface area contributed by atoms with E-state index < -0.39 is 0 Å². The minimum Gasteiger partial charge on any atom is -0.312 e. The standard InChI is InChI=1S/C13H14ClNS2/c1-15-13(10-6-7-16-8-10)9-17-12-4-2-11(14)3-5-12/h2-8,13,15H,9H2,1H3. The molecule has 1 aromatic heterocycles. The Morgan fingerprint density at radius 3 is 2.65 bits per heavy atom. The zero-order chi connectivity index (χ0) is 12.1. The van der Waals surface area contributed by atoms with Crippen LogP contribution >= 0.6 is 34.7 Å². The maximum absolute atomic E-state index is 5.86. The van der Waals surface area contributed by atoms with Crippen LogP contribution in [0.4, 0.5) is 0 Å². The fourth-order valence-corrected chi connectivity index (χ4v) is 3.42. The van der Waals surface area contributed by atoms with Gasteiger partial charge in [0.15, 0.2) is 0 Å². The molecule has 1 unspecified atom stereocenters. The van der Waals surface area contributed by atoms with Crippen molar-refractivity contribution in [3.8, 4) is 0 Å². The molecule has 90 valence electrons. The van der Waals surface area contributed by atoms with Crippen molar-refractivity contribution in [1.82, 2.24) is 5.32 Å². The lowest BCUT2D eigenvalue weighted by Gasteiger charge is -2.14. The first-order valence-corrected chi connectivity index (χ1v) is 7.68. The lowest BCUT2D eigenvalue weighted by Crippen LogP contribution is -2.17. The minimum absolute atomic E-state index is 0.405. The Balaban J connectivity index is 1.94. The van der Waals surface area contributed by atoms with Gasteiger partial charge in [0.1, 0.15) is 0 Å². The van der Waals surface area contributed by atoms with E-state index >= 15 is 0 Å². The van der Waals surface area contributed by atoms with Gasteiger partial charge in [-0.3, -0.25) is 0 Å². The van der Waals surface area contributed by atoms with Crippen LogP contribution in [-0.2, 0) is 0 Å². The Morgan fingerprint density at radius 1 is 1.29 bits per heavy atom. The molecule has 17 heavy (non-hydrogen) atoms. The lowest BCUT2D eigenvalue weighted by atomic mass is 10.2. The molecule has 0 saturated heterocycles. The van der Waals surface area contributed by atoms with Gasteiger partial charge in [-0.05, 0) is 53.7 Å². The monoisotopic (exact) mass is 283 g/mol. The van der Waals surface area contributed by atoms with Crippen LogP contribution in [0.25, 0.3) is 0 Å². The summed E-state index contributed by atoms with van der Waals surface area (Å²) < 4.78 is 0. The van der Waals surface area contributed by atoms with Crippen molar-refractivity contribution < 1.29 is 0 Å².